The zero-order valence-corrected chi connectivity index (χ0v) is 14.7. The van der Waals surface area contributed by atoms with E-state index in [0.717, 1.165) is 6.42 Å². The van der Waals surface area contributed by atoms with Crippen LogP contribution >= 0.6 is 0 Å². The molecule has 1 saturated heterocycles. The molecule has 1 N–H and O–H groups in total. The lowest BCUT2D eigenvalue weighted by Gasteiger charge is -2.19. The van der Waals surface area contributed by atoms with E-state index in [9.17, 15) is 14.4 Å². The molecule has 1 aliphatic rings. The Bertz CT molecular complexity index is 598. The minimum Gasteiger partial charge on any atom is -0.356 e. The average Bonchev–Trinajstić information content (AvgIpc) is 2.83. The Morgan fingerprint density at radius 3 is 2.21 bits per heavy atom. The van der Waals surface area contributed by atoms with Crippen molar-refractivity contribution in [3.05, 3.63) is 35.4 Å². The fourth-order valence-corrected chi connectivity index (χ4v) is 2.69. The molecule has 0 aromatic heterocycles. The van der Waals surface area contributed by atoms with Crippen molar-refractivity contribution in [2.75, 3.05) is 13.1 Å². The van der Waals surface area contributed by atoms with Crippen LogP contribution in [0, 0.1) is 0 Å². The predicted octanol–water partition coefficient (Wildman–Crippen LogP) is 2.18. The van der Waals surface area contributed by atoms with Crippen molar-refractivity contribution in [1.29, 1.82) is 0 Å². The average molecular weight is 330 g/mol. The summed E-state index contributed by atoms with van der Waals surface area (Å²) in [4.78, 5) is 35.9. The molecule has 2 rings (SSSR count). The van der Waals surface area contributed by atoms with E-state index >= 15 is 0 Å². The maximum Gasteiger partial charge on any atom is 0.229 e. The van der Waals surface area contributed by atoms with Crippen molar-refractivity contribution in [3.8, 4) is 0 Å². The maximum atomic E-state index is 11.8. The third-order valence-corrected chi connectivity index (χ3v) is 4.27. The van der Waals surface area contributed by atoms with Crippen molar-refractivity contribution in [3.63, 3.8) is 0 Å². The number of imide groups is 1. The highest BCUT2D eigenvalue weighted by Gasteiger charge is 2.28. The lowest BCUT2D eigenvalue weighted by atomic mass is 9.86. The van der Waals surface area contributed by atoms with Crippen LogP contribution in [0.4, 0.5) is 0 Å². The van der Waals surface area contributed by atoms with Gasteiger partial charge in [-0.25, -0.2) is 0 Å². The summed E-state index contributed by atoms with van der Waals surface area (Å²) in [7, 11) is 0. The molecule has 1 aromatic rings. The van der Waals surface area contributed by atoms with Crippen LogP contribution in [0.2, 0.25) is 0 Å². The number of hydrogen-bond acceptors (Lipinski definition) is 3. The van der Waals surface area contributed by atoms with E-state index in [0.29, 0.717) is 6.54 Å². The van der Waals surface area contributed by atoms with Gasteiger partial charge in [0.1, 0.15) is 0 Å². The Hall–Kier alpha value is -2.17. The first kappa shape index (κ1) is 18.2. The van der Waals surface area contributed by atoms with Crippen LogP contribution < -0.4 is 5.32 Å². The number of amides is 3. The van der Waals surface area contributed by atoms with Gasteiger partial charge < -0.3 is 5.32 Å². The van der Waals surface area contributed by atoms with Crippen molar-refractivity contribution in [1.82, 2.24) is 10.2 Å². The van der Waals surface area contributed by atoms with Crippen molar-refractivity contribution in [2.24, 2.45) is 0 Å². The largest absolute Gasteiger partial charge is 0.356 e. The summed E-state index contributed by atoms with van der Waals surface area (Å²) in [6.45, 7) is 7.27. The van der Waals surface area contributed by atoms with Gasteiger partial charge in [-0.3, -0.25) is 19.3 Å². The van der Waals surface area contributed by atoms with E-state index in [1.54, 1.807) is 0 Å². The van der Waals surface area contributed by atoms with Crippen molar-refractivity contribution < 1.29 is 14.4 Å². The second kappa shape index (κ2) is 7.60. The smallest absolute Gasteiger partial charge is 0.229 e. The number of carbonyl (C=O) groups excluding carboxylic acids is 3. The monoisotopic (exact) mass is 330 g/mol. The number of rotatable bonds is 6. The summed E-state index contributed by atoms with van der Waals surface area (Å²) in [6.07, 6.45) is 1.47. The van der Waals surface area contributed by atoms with Crippen LogP contribution in [0.5, 0.6) is 0 Å². The Kier molecular flexibility index (Phi) is 5.75. The number of nitrogens with one attached hydrogen (secondary N) is 1. The van der Waals surface area contributed by atoms with Crippen LogP contribution in [-0.4, -0.2) is 35.7 Å². The molecule has 0 radical (unpaired) electrons. The van der Waals surface area contributed by atoms with Gasteiger partial charge in [0.15, 0.2) is 0 Å². The molecule has 130 valence electrons. The number of hydrogen-bond donors (Lipinski definition) is 1. The summed E-state index contributed by atoms with van der Waals surface area (Å²) in [5, 5.41) is 2.84. The number of benzene rings is 1. The highest BCUT2D eigenvalue weighted by atomic mass is 16.2. The topological polar surface area (TPSA) is 66.5 Å². The number of likely N-dealkylation sites (tertiary alicyclic amines) is 1. The molecule has 3 amide bonds. The van der Waals surface area contributed by atoms with Gasteiger partial charge in [0, 0.05) is 32.4 Å². The second-order valence-electron chi connectivity index (χ2n) is 7.24. The summed E-state index contributed by atoms with van der Waals surface area (Å²) in [5.74, 6) is -0.479. The van der Waals surface area contributed by atoms with E-state index < -0.39 is 0 Å². The lowest BCUT2D eigenvalue weighted by Crippen LogP contribution is -2.34. The van der Waals surface area contributed by atoms with Gasteiger partial charge in [0.25, 0.3) is 0 Å². The fourth-order valence-electron chi connectivity index (χ4n) is 2.69. The van der Waals surface area contributed by atoms with Crippen LogP contribution in [0.3, 0.4) is 0 Å². The van der Waals surface area contributed by atoms with Crippen LogP contribution in [-0.2, 0) is 26.2 Å². The van der Waals surface area contributed by atoms with E-state index in [-0.39, 0.29) is 48.9 Å². The first-order chi connectivity index (χ1) is 11.3. The Morgan fingerprint density at radius 2 is 1.67 bits per heavy atom. The van der Waals surface area contributed by atoms with Gasteiger partial charge in [-0.15, -0.1) is 0 Å². The predicted molar refractivity (Wildman–Crippen MR) is 92.4 cm³/mol. The minimum absolute atomic E-state index is 0.131. The molecule has 0 atom stereocenters. The van der Waals surface area contributed by atoms with Gasteiger partial charge >= 0.3 is 0 Å². The third-order valence-electron chi connectivity index (χ3n) is 4.27. The van der Waals surface area contributed by atoms with Gasteiger partial charge in [-0.2, -0.15) is 0 Å². The molecule has 1 heterocycles. The molecule has 1 fully saturated rings. The molecular formula is C19H26N2O3. The molecule has 1 aromatic carbocycles. The molecule has 0 unspecified atom stereocenters. The maximum absolute atomic E-state index is 11.8. The molecule has 0 saturated carbocycles. The van der Waals surface area contributed by atoms with Gasteiger partial charge in [-0.1, -0.05) is 45.0 Å². The summed E-state index contributed by atoms with van der Waals surface area (Å²) in [6, 6.07) is 8.44. The quantitative estimate of drug-likeness (QED) is 0.813. The first-order valence-corrected chi connectivity index (χ1v) is 8.46. The van der Waals surface area contributed by atoms with E-state index in [4.69, 9.17) is 0 Å². The molecule has 24 heavy (non-hydrogen) atoms. The second-order valence-corrected chi connectivity index (χ2v) is 7.24. The lowest BCUT2D eigenvalue weighted by molar-refractivity contribution is -0.138. The number of carbonyl (C=O) groups is 3. The van der Waals surface area contributed by atoms with Crippen molar-refractivity contribution in [2.45, 2.75) is 51.9 Å². The highest BCUT2D eigenvalue weighted by Crippen LogP contribution is 2.22. The molecule has 0 spiro atoms. The molecule has 0 bridgehead atoms. The molecular weight excluding hydrogens is 304 g/mol. The highest BCUT2D eigenvalue weighted by molar-refractivity contribution is 6.02. The summed E-state index contributed by atoms with van der Waals surface area (Å²) in [5.41, 5.74) is 2.60. The van der Waals surface area contributed by atoms with Crippen molar-refractivity contribution >= 4 is 17.7 Å². The van der Waals surface area contributed by atoms with E-state index in [1.165, 1.54) is 16.0 Å². The fraction of sp³-hybridized carbons (Fsp3) is 0.526. The van der Waals surface area contributed by atoms with Gasteiger partial charge in [-0.05, 0) is 23.0 Å². The van der Waals surface area contributed by atoms with E-state index in [2.05, 4.69) is 50.4 Å². The standard InChI is InChI=1S/C19H26N2O3/c1-19(2,3)15-6-4-14(5-7-15)10-12-20-16(22)11-13-21-17(23)8-9-18(21)24/h4-7H,8-13H2,1-3H3,(H,20,22). The molecule has 5 nitrogen and oxygen atoms in total. The Labute approximate surface area is 143 Å². The molecule has 0 aliphatic carbocycles. The number of nitrogens with zero attached hydrogens (tertiary/aromatic N) is 1. The Morgan fingerprint density at radius 1 is 1.08 bits per heavy atom. The van der Waals surface area contributed by atoms with Crippen LogP contribution in [0.15, 0.2) is 24.3 Å². The summed E-state index contributed by atoms with van der Waals surface area (Å²) >= 11 is 0. The Balaban J connectivity index is 1.71. The third kappa shape index (κ3) is 4.91. The minimum atomic E-state index is -0.174. The first-order valence-electron chi connectivity index (χ1n) is 8.46. The normalized spacial score (nSPS) is 15.0. The van der Waals surface area contributed by atoms with Gasteiger partial charge in [0.2, 0.25) is 17.7 Å². The SMILES string of the molecule is CC(C)(C)c1ccc(CCNC(=O)CCN2C(=O)CCC2=O)cc1. The van der Waals surface area contributed by atoms with Gasteiger partial charge in [0.05, 0.1) is 0 Å². The van der Waals surface area contributed by atoms with Crippen LogP contribution in [0.25, 0.3) is 0 Å². The zero-order valence-electron chi connectivity index (χ0n) is 14.7. The zero-order chi connectivity index (χ0) is 17.7. The molecule has 5 heteroatoms. The van der Waals surface area contributed by atoms with Crippen LogP contribution in [0.1, 0.15) is 51.2 Å². The molecule has 1 aliphatic heterocycles. The summed E-state index contributed by atoms with van der Waals surface area (Å²) < 4.78 is 0. The van der Waals surface area contributed by atoms with E-state index in [1.807, 2.05) is 0 Å².